The lowest BCUT2D eigenvalue weighted by atomic mass is 9.93. The number of hydrogen-bond donors (Lipinski definition) is 1. The summed E-state index contributed by atoms with van der Waals surface area (Å²) in [5.41, 5.74) is 2.94. The standard InChI is InChI=1S/C20H19N3O2/c1-13-12-23-16-11-7-6-10-15(16)22(2)20(23)17(18(13)24)19(25)21-14-8-4-3-5-9-14/h3-11,13H,12H2,1-2H3,(H,21,25). The second kappa shape index (κ2) is 5.77. The highest BCUT2D eigenvalue weighted by atomic mass is 16.2. The molecule has 0 spiro atoms. The normalized spacial score (nSPS) is 19.0. The van der Waals surface area contributed by atoms with Crippen LogP contribution in [0.25, 0.3) is 0 Å². The van der Waals surface area contributed by atoms with Crippen LogP contribution in [-0.2, 0) is 9.59 Å². The molecule has 0 radical (unpaired) electrons. The number of fused-ring (bicyclic) bond motifs is 3. The second-order valence-corrected chi connectivity index (χ2v) is 6.44. The van der Waals surface area contributed by atoms with Gasteiger partial charge in [-0.1, -0.05) is 37.3 Å². The van der Waals surface area contributed by atoms with Crippen molar-refractivity contribution in [2.24, 2.45) is 5.92 Å². The lowest BCUT2D eigenvalue weighted by Crippen LogP contribution is -2.43. The molecule has 4 rings (SSSR count). The monoisotopic (exact) mass is 333 g/mol. The summed E-state index contributed by atoms with van der Waals surface area (Å²) in [5.74, 6) is -0.0423. The van der Waals surface area contributed by atoms with Gasteiger partial charge in [-0.15, -0.1) is 0 Å². The Kier molecular flexibility index (Phi) is 3.57. The molecule has 0 aliphatic carbocycles. The minimum atomic E-state index is -0.359. The minimum absolute atomic E-state index is 0.112. The summed E-state index contributed by atoms with van der Waals surface area (Å²) in [6.45, 7) is 2.45. The fraction of sp³-hybridized carbons (Fsp3) is 0.200. The first-order valence-electron chi connectivity index (χ1n) is 8.33. The molecule has 0 saturated heterocycles. The first kappa shape index (κ1) is 15.4. The van der Waals surface area contributed by atoms with E-state index in [1.54, 1.807) is 0 Å². The van der Waals surface area contributed by atoms with Crippen LogP contribution < -0.4 is 15.1 Å². The summed E-state index contributed by atoms with van der Waals surface area (Å²) in [7, 11) is 1.90. The van der Waals surface area contributed by atoms with Crippen LogP contribution in [-0.4, -0.2) is 25.3 Å². The molecular formula is C20H19N3O2. The van der Waals surface area contributed by atoms with Gasteiger partial charge in [0.25, 0.3) is 5.91 Å². The number of carbonyl (C=O) groups excluding carboxylic acids is 2. The predicted octanol–water partition coefficient (Wildman–Crippen LogP) is 3.01. The predicted molar refractivity (Wildman–Crippen MR) is 98.5 cm³/mol. The smallest absolute Gasteiger partial charge is 0.263 e. The molecule has 0 aromatic heterocycles. The van der Waals surface area contributed by atoms with Crippen molar-refractivity contribution in [2.45, 2.75) is 6.92 Å². The van der Waals surface area contributed by atoms with Gasteiger partial charge in [0.1, 0.15) is 11.4 Å². The molecule has 2 aromatic carbocycles. The highest BCUT2D eigenvalue weighted by Crippen LogP contribution is 2.44. The molecular weight excluding hydrogens is 314 g/mol. The van der Waals surface area contributed by atoms with Crippen molar-refractivity contribution in [3.63, 3.8) is 0 Å². The van der Waals surface area contributed by atoms with Crippen molar-refractivity contribution in [3.8, 4) is 0 Å². The highest BCUT2D eigenvalue weighted by Gasteiger charge is 2.42. The van der Waals surface area contributed by atoms with Gasteiger partial charge in [0.05, 0.1) is 11.4 Å². The Morgan fingerprint density at radius 3 is 2.40 bits per heavy atom. The average molecular weight is 333 g/mol. The maximum atomic E-state index is 12.9. The van der Waals surface area contributed by atoms with Crippen LogP contribution >= 0.6 is 0 Å². The maximum Gasteiger partial charge on any atom is 0.263 e. The van der Waals surface area contributed by atoms with Gasteiger partial charge in [-0.3, -0.25) is 9.59 Å². The molecule has 1 N–H and O–H groups in total. The van der Waals surface area contributed by atoms with E-state index in [4.69, 9.17) is 0 Å². The molecule has 5 nitrogen and oxygen atoms in total. The van der Waals surface area contributed by atoms with E-state index in [2.05, 4.69) is 10.2 Å². The van der Waals surface area contributed by atoms with Crippen LogP contribution in [0.3, 0.4) is 0 Å². The number of para-hydroxylation sites is 3. The van der Waals surface area contributed by atoms with Crippen molar-refractivity contribution in [3.05, 3.63) is 66.0 Å². The van der Waals surface area contributed by atoms with Crippen LogP contribution in [0.4, 0.5) is 17.1 Å². The molecule has 126 valence electrons. The SMILES string of the molecule is CC1CN2C(=C(C(=O)Nc3ccccc3)C1=O)N(C)c1ccccc12. The summed E-state index contributed by atoms with van der Waals surface area (Å²) in [6, 6.07) is 17.2. The third kappa shape index (κ3) is 2.39. The number of amides is 1. The molecule has 1 unspecified atom stereocenters. The topological polar surface area (TPSA) is 52.7 Å². The van der Waals surface area contributed by atoms with E-state index in [9.17, 15) is 9.59 Å². The first-order valence-corrected chi connectivity index (χ1v) is 8.33. The van der Waals surface area contributed by atoms with Crippen LogP contribution in [0.1, 0.15) is 6.92 Å². The average Bonchev–Trinajstić information content (AvgIpc) is 2.89. The number of anilines is 3. The van der Waals surface area contributed by atoms with E-state index in [0.29, 0.717) is 18.1 Å². The Labute approximate surface area is 146 Å². The number of carbonyl (C=O) groups is 2. The number of rotatable bonds is 2. The van der Waals surface area contributed by atoms with Crippen LogP contribution in [0.15, 0.2) is 66.0 Å². The van der Waals surface area contributed by atoms with Gasteiger partial charge < -0.3 is 15.1 Å². The second-order valence-electron chi connectivity index (χ2n) is 6.44. The molecule has 2 aliphatic heterocycles. The zero-order valence-electron chi connectivity index (χ0n) is 14.2. The Balaban J connectivity index is 1.80. The number of ketones is 1. The lowest BCUT2D eigenvalue weighted by molar-refractivity contribution is -0.122. The number of Topliss-reactive ketones (excluding diaryl/α,β-unsaturated/α-hetero) is 1. The number of benzene rings is 2. The molecule has 2 aliphatic rings. The molecule has 1 amide bonds. The molecule has 2 aromatic rings. The van der Waals surface area contributed by atoms with E-state index >= 15 is 0 Å². The molecule has 25 heavy (non-hydrogen) atoms. The van der Waals surface area contributed by atoms with E-state index in [-0.39, 0.29) is 23.2 Å². The van der Waals surface area contributed by atoms with Crippen molar-refractivity contribution in [2.75, 3.05) is 28.7 Å². The Morgan fingerprint density at radius 1 is 1.04 bits per heavy atom. The number of nitrogens with one attached hydrogen (secondary N) is 1. The molecule has 0 fully saturated rings. The lowest BCUT2D eigenvalue weighted by Gasteiger charge is -2.32. The maximum absolute atomic E-state index is 12.9. The zero-order valence-corrected chi connectivity index (χ0v) is 14.2. The quantitative estimate of drug-likeness (QED) is 0.859. The number of hydrogen-bond acceptors (Lipinski definition) is 4. The van der Waals surface area contributed by atoms with Crippen molar-refractivity contribution < 1.29 is 9.59 Å². The van der Waals surface area contributed by atoms with Crippen molar-refractivity contribution >= 4 is 28.8 Å². The first-order chi connectivity index (χ1) is 12.1. The van der Waals surface area contributed by atoms with E-state index in [1.807, 2.05) is 73.5 Å². The van der Waals surface area contributed by atoms with Crippen molar-refractivity contribution in [1.82, 2.24) is 0 Å². The van der Waals surface area contributed by atoms with Gasteiger partial charge in [-0.25, -0.2) is 0 Å². The van der Waals surface area contributed by atoms with Crippen LogP contribution in [0.5, 0.6) is 0 Å². The van der Waals surface area contributed by atoms with E-state index in [1.165, 1.54) is 0 Å². The van der Waals surface area contributed by atoms with Gasteiger partial charge in [-0.05, 0) is 24.3 Å². The fourth-order valence-corrected chi connectivity index (χ4v) is 3.51. The summed E-state index contributed by atoms with van der Waals surface area (Å²) in [6.07, 6.45) is 0. The van der Waals surface area contributed by atoms with Gasteiger partial charge in [0, 0.05) is 25.2 Å². The number of nitrogens with zero attached hydrogens (tertiary/aromatic N) is 2. The third-order valence-electron chi connectivity index (χ3n) is 4.74. The van der Waals surface area contributed by atoms with Gasteiger partial charge in [0.2, 0.25) is 0 Å². The Hall–Kier alpha value is -3.08. The molecule has 5 heteroatoms. The van der Waals surface area contributed by atoms with Crippen molar-refractivity contribution in [1.29, 1.82) is 0 Å². The van der Waals surface area contributed by atoms with Gasteiger partial charge in [-0.2, -0.15) is 0 Å². The Morgan fingerprint density at radius 2 is 1.68 bits per heavy atom. The molecule has 0 saturated carbocycles. The molecule has 2 heterocycles. The zero-order chi connectivity index (χ0) is 17.6. The van der Waals surface area contributed by atoms with Gasteiger partial charge in [0.15, 0.2) is 5.78 Å². The largest absolute Gasteiger partial charge is 0.328 e. The molecule has 1 atom stereocenters. The summed E-state index contributed by atoms with van der Waals surface area (Å²) >= 11 is 0. The fourth-order valence-electron chi connectivity index (χ4n) is 3.51. The van der Waals surface area contributed by atoms with Crippen LogP contribution in [0, 0.1) is 5.92 Å². The van der Waals surface area contributed by atoms with Crippen LogP contribution in [0.2, 0.25) is 0 Å². The van der Waals surface area contributed by atoms with E-state index < -0.39 is 0 Å². The highest BCUT2D eigenvalue weighted by molar-refractivity contribution is 6.26. The summed E-state index contributed by atoms with van der Waals surface area (Å²) < 4.78 is 0. The Bertz CT molecular complexity index is 889. The summed E-state index contributed by atoms with van der Waals surface area (Å²) in [4.78, 5) is 29.7. The third-order valence-corrected chi connectivity index (χ3v) is 4.74. The summed E-state index contributed by atoms with van der Waals surface area (Å²) in [5, 5.41) is 2.85. The molecule has 0 bridgehead atoms. The van der Waals surface area contributed by atoms with E-state index in [0.717, 1.165) is 11.4 Å². The van der Waals surface area contributed by atoms with Gasteiger partial charge >= 0.3 is 0 Å². The minimum Gasteiger partial charge on any atom is -0.328 e.